The molecule has 0 aliphatic rings. The normalized spacial score (nSPS) is 8.98. The van der Waals surface area contributed by atoms with Crippen molar-refractivity contribution in [2.24, 2.45) is 17.8 Å². The van der Waals surface area contributed by atoms with Gasteiger partial charge in [0.15, 0.2) is 0 Å². The molecule has 0 aromatic rings. The minimum absolute atomic E-state index is 0.527. The summed E-state index contributed by atoms with van der Waals surface area (Å²) in [5.41, 5.74) is 7.23. The van der Waals surface area contributed by atoms with Gasteiger partial charge in [0, 0.05) is 5.37 Å². The second-order valence-electron chi connectivity index (χ2n) is 10.5. The largest absolute Gasteiger partial charge is 0.124 e. The van der Waals surface area contributed by atoms with Crippen LogP contribution in [0.25, 0.3) is 0 Å². The zero-order chi connectivity index (χ0) is 41.9. The van der Waals surface area contributed by atoms with Crippen molar-refractivity contribution in [3.8, 4) is 12.8 Å². The molecule has 1 heteroatoms. The number of rotatable bonds is 10. The molecule has 0 saturated heterocycles. The molecule has 2 unspecified atom stereocenters. The van der Waals surface area contributed by atoms with Gasteiger partial charge in [-0.25, -0.2) is 0 Å². The zero-order valence-electron chi connectivity index (χ0n) is 36.6. The van der Waals surface area contributed by atoms with Crippen molar-refractivity contribution >= 4 is 17.6 Å². The van der Waals surface area contributed by atoms with E-state index in [1.807, 2.05) is 48.5 Å². The Bertz CT molecular complexity index is 719. The number of allylic oxidation sites excluding steroid dienone is 8. The highest BCUT2D eigenvalue weighted by Crippen LogP contribution is 2.22. The third-order valence-corrected chi connectivity index (χ3v) is 5.82. The molecule has 0 heterocycles. The van der Waals surface area contributed by atoms with Crippen LogP contribution >= 0.6 is 12.2 Å². The van der Waals surface area contributed by atoms with Crippen LogP contribution in [0.3, 0.4) is 0 Å². The van der Waals surface area contributed by atoms with E-state index in [0.29, 0.717) is 11.8 Å². The Morgan fingerprint density at radius 2 is 0.979 bits per heavy atom. The van der Waals surface area contributed by atoms with Crippen LogP contribution in [0.1, 0.15) is 157 Å². The van der Waals surface area contributed by atoms with E-state index in [0.717, 1.165) is 23.5 Å². The number of terminal acetylenes is 1. The van der Waals surface area contributed by atoms with Crippen molar-refractivity contribution in [2.45, 2.75) is 157 Å². The van der Waals surface area contributed by atoms with Gasteiger partial charge in [0.1, 0.15) is 0 Å². The maximum atomic E-state index is 4.45. The van der Waals surface area contributed by atoms with Crippen molar-refractivity contribution < 1.29 is 0 Å². The molecule has 48 heavy (non-hydrogen) atoms. The summed E-state index contributed by atoms with van der Waals surface area (Å²) in [7, 11) is 0. The Labute approximate surface area is 315 Å². The zero-order valence-corrected chi connectivity index (χ0v) is 37.5. The molecule has 286 valence electrons. The first kappa shape index (κ1) is 75.6. The average molecular weight is 689 g/mol. The van der Waals surface area contributed by atoms with E-state index >= 15 is 0 Å². The fourth-order valence-corrected chi connectivity index (χ4v) is 2.14. The first-order valence-electron chi connectivity index (χ1n) is 17.7. The molecule has 2 atom stereocenters. The molecular formula is C47H92S. The predicted molar refractivity (Wildman–Crippen MR) is 246 cm³/mol. The monoisotopic (exact) mass is 689 g/mol. The lowest BCUT2D eigenvalue weighted by Gasteiger charge is -2.14. The van der Waals surface area contributed by atoms with E-state index in [4.69, 9.17) is 0 Å². The number of unbranched alkanes of at least 4 members (excludes halogenated alkanes) is 1. The summed E-state index contributed by atoms with van der Waals surface area (Å²) in [4.78, 5) is 0. The van der Waals surface area contributed by atoms with E-state index in [2.05, 4.69) is 173 Å². The molecule has 0 nitrogen and oxygen atoms in total. The lowest BCUT2D eigenvalue weighted by Crippen LogP contribution is -2.03. The summed E-state index contributed by atoms with van der Waals surface area (Å²) in [5.74, 6) is 1.95. The third-order valence-electron chi connectivity index (χ3n) is 5.42. The topological polar surface area (TPSA) is 0 Å². The smallest absolute Gasteiger partial charge is 0.00369 e. The van der Waals surface area contributed by atoms with Crippen molar-refractivity contribution in [2.75, 3.05) is 0 Å². The summed E-state index contributed by atoms with van der Waals surface area (Å²) < 4.78 is 0. The summed E-state index contributed by atoms with van der Waals surface area (Å²) in [5, 5.41) is 1.56. The highest BCUT2D eigenvalue weighted by Gasteiger charge is 2.07. The number of thiocarbonyl (C=S) groups is 1. The SMILES string of the molecule is C#C.C=C.C=C.C=C(C)C(=C)C(C)C/C(C)=C/C.C=C(C)C(C)C(C)C.C=C(C)C=S.C=C(C)CCC.C=CC.CC.CC.CCCC. The van der Waals surface area contributed by atoms with Gasteiger partial charge in [-0.1, -0.05) is 168 Å². The van der Waals surface area contributed by atoms with Crippen molar-refractivity contribution in [3.05, 3.63) is 111 Å². The summed E-state index contributed by atoms with van der Waals surface area (Å²) in [6.07, 6.45) is 18.1. The van der Waals surface area contributed by atoms with E-state index in [-0.39, 0.29) is 0 Å². The molecular weight excluding hydrogens is 597 g/mol. The van der Waals surface area contributed by atoms with Crippen LogP contribution in [-0.2, 0) is 0 Å². The van der Waals surface area contributed by atoms with Gasteiger partial charge in [0.05, 0.1) is 0 Å². The maximum Gasteiger partial charge on any atom is 0.00369 e. The molecule has 0 fully saturated rings. The highest BCUT2D eigenvalue weighted by molar-refractivity contribution is 7.79. The van der Waals surface area contributed by atoms with Crippen LogP contribution in [0.2, 0.25) is 0 Å². The summed E-state index contributed by atoms with van der Waals surface area (Å²) in [6.45, 7) is 71.9. The molecule has 0 bridgehead atoms. The molecule has 0 spiro atoms. The minimum Gasteiger partial charge on any atom is -0.124 e. The molecule has 0 aromatic heterocycles. The lowest BCUT2D eigenvalue weighted by atomic mass is 9.91. The van der Waals surface area contributed by atoms with Crippen LogP contribution in [0.5, 0.6) is 0 Å². The fourth-order valence-electron chi connectivity index (χ4n) is 2.14. The molecule has 0 rings (SSSR count). The van der Waals surface area contributed by atoms with Crippen LogP contribution in [-0.4, -0.2) is 5.37 Å². The highest BCUT2D eigenvalue weighted by atomic mass is 32.1. The first-order valence-corrected chi connectivity index (χ1v) is 18.2. The van der Waals surface area contributed by atoms with E-state index < -0.39 is 0 Å². The second-order valence-corrected chi connectivity index (χ2v) is 10.7. The van der Waals surface area contributed by atoms with Crippen LogP contribution in [0.4, 0.5) is 0 Å². The Hall–Kier alpha value is -2.69. The first-order chi connectivity index (χ1) is 22.4. The van der Waals surface area contributed by atoms with Crippen LogP contribution in [0.15, 0.2) is 111 Å². The molecule has 0 radical (unpaired) electrons. The van der Waals surface area contributed by atoms with E-state index in [1.54, 1.807) is 11.4 Å². The Morgan fingerprint density at radius 1 is 0.688 bits per heavy atom. The van der Waals surface area contributed by atoms with Crippen LogP contribution in [0, 0.1) is 30.6 Å². The second kappa shape index (κ2) is 79.6. The molecule has 0 amide bonds. The standard InChI is InChI=1S/C12H20.C8H16.C6H12.C4H6S.C4H10.C3H6.2C2H6.2C2H4.C2H2/c1-7-10(4)8-11(5)12(6)9(2)3;1-6(2)8(5)7(3)4;1-4-5-6(2)3;1-4(2)3-5;1-3-4-2;1-3-2;5*1-2/h7,11H,2,6,8H2,1,3-5H3;7-8H,1H2,2-5H3;2,4-5H2,1,3H3;3H,1H2,2H3;3-4H2,1-2H3;3H,1H2,2H3;2*1-2H3;2*1-2H2;1-2H/b10-7+;;;;;;;;;;. The van der Waals surface area contributed by atoms with Crippen LogP contribution < -0.4 is 0 Å². The molecule has 0 saturated carbocycles. The predicted octanol–water partition coefficient (Wildman–Crippen LogP) is 17.8. The van der Waals surface area contributed by atoms with E-state index in [1.165, 1.54) is 48.0 Å². The quantitative estimate of drug-likeness (QED) is 0.0724. The van der Waals surface area contributed by atoms with Gasteiger partial charge in [0.25, 0.3) is 0 Å². The Balaban J connectivity index is -0.0000000376. The average Bonchev–Trinajstić information content (AvgIpc) is 3.09. The van der Waals surface area contributed by atoms with Gasteiger partial charge in [-0.3, -0.25) is 0 Å². The van der Waals surface area contributed by atoms with Crippen molar-refractivity contribution in [3.63, 3.8) is 0 Å². The molecule has 0 N–H and O–H groups in total. The van der Waals surface area contributed by atoms with E-state index in [9.17, 15) is 0 Å². The Morgan fingerprint density at radius 3 is 1.06 bits per heavy atom. The fraction of sp³-hybridized carbons (Fsp3) is 0.553. The third kappa shape index (κ3) is 121. The summed E-state index contributed by atoms with van der Waals surface area (Å²) >= 11 is 4.45. The maximum absolute atomic E-state index is 4.45. The molecule has 0 aliphatic carbocycles. The molecule has 0 aromatic carbocycles. The van der Waals surface area contributed by atoms with Gasteiger partial charge in [-0.2, -0.15) is 0 Å². The Kier molecular flexibility index (Phi) is 125. The lowest BCUT2D eigenvalue weighted by molar-refractivity contribution is 0.481. The number of hydrogen-bond donors (Lipinski definition) is 0. The van der Waals surface area contributed by atoms with Crippen molar-refractivity contribution in [1.82, 2.24) is 0 Å². The van der Waals surface area contributed by atoms with Gasteiger partial charge in [-0.05, 0) is 90.2 Å². The van der Waals surface area contributed by atoms with Gasteiger partial charge in [-0.15, -0.1) is 52.3 Å². The minimum atomic E-state index is 0.527. The summed E-state index contributed by atoms with van der Waals surface area (Å²) in [6, 6.07) is 0. The molecule has 0 aliphatic heterocycles. The number of hydrogen-bond acceptors (Lipinski definition) is 1. The van der Waals surface area contributed by atoms with Gasteiger partial charge in [0.2, 0.25) is 0 Å². The van der Waals surface area contributed by atoms with Crippen molar-refractivity contribution in [1.29, 1.82) is 0 Å². The van der Waals surface area contributed by atoms with Gasteiger partial charge >= 0.3 is 0 Å². The van der Waals surface area contributed by atoms with Gasteiger partial charge < -0.3 is 0 Å².